The highest BCUT2D eigenvalue weighted by Crippen LogP contribution is 2.28. The molecule has 0 spiro atoms. The fourth-order valence-corrected chi connectivity index (χ4v) is 2.44. The minimum absolute atomic E-state index is 0.0109. The molecular formula is C17H15N3O7S. The molecule has 146 valence electrons. The van der Waals surface area contributed by atoms with Crippen LogP contribution in [0.25, 0.3) is 0 Å². The summed E-state index contributed by atoms with van der Waals surface area (Å²) < 4.78 is 10.0. The Morgan fingerprint density at radius 1 is 1.07 bits per heavy atom. The van der Waals surface area contributed by atoms with E-state index in [2.05, 4.69) is 10.6 Å². The van der Waals surface area contributed by atoms with Crippen LogP contribution in [0.5, 0.6) is 11.5 Å². The Morgan fingerprint density at radius 3 is 2.25 bits per heavy atom. The Kier molecular flexibility index (Phi) is 6.45. The molecule has 10 nitrogen and oxygen atoms in total. The van der Waals surface area contributed by atoms with Gasteiger partial charge < -0.3 is 19.9 Å². The van der Waals surface area contributed by atoms with Gasteiger partial charge in [-0.15, -0.1) is 0 Å². The number of nitro benzene ring substituents is 1. The van der Waals surface area contributed by atoms with E-state index in [0.29, 0.717) is 5.75 Å². The maximum Gasteiger partial charge on any atom is 0.335 e. The maximum atomic E-state index is 12.3. The van der Waals surface area contributed by atoms with Gasteiger partial charge in [-0.1, -0.05) is 0 Å². The first-order chi connectivity index (χ1) is 13.3. The van der Waals surface area contributed by atoms with Crippen LogP contribution in [0.1, 0.15) is 20.7 Å². The molecule has 0 aliphatic heterocycles. The number of rotatable bonds is 6. The summed E-state index contributed by atoms with van der Waals surface area (Å²) in [6.07, 6.45) is 0. The third-order valence-corrected chi connectivity index (χ3v) is 3.76. The SMILES string of the molecule is COc1ccc(C(=O)O)cc1NC(=S)NC(=O)c1ccc(OC)c([N+](=O)[O-])c1. The number of hydrogen-bond donors (Lipinski definition) is 3. The van der Waals surface area contributed by atoms with Gasteiger partial charge in [0.15, 0.2) is 10.9 Å². The fourth-order valence-electron chi connectivity index (χ4n) is 2.24. The molecule has 0 saturated carbocycles. The number of carbonyl (C=O) groups is 2. The highest BCUT2D eigenvalue weighted by molar-refractivity contribution is 7.80. The summed E-state index contributed by atoms with van der Waals surface area (Å²) in [5.74, 6) is -1.53. The molecule has 2 rings (SSSR count). The van der Waals surface area contributed by atoms with Crippen molar-refractivity contribution >= 4 is 40.6 Å². The van der Waals surface area contributed by atoms with Gasteiger partial charge in [0.25, 0.3) is 5.91 Å². The number of nitrogens with zero attached hydrogens (tertiary/aromatic N) is 1. The molecule has 28 heavy (non-hydrogen) atoms. The lowest BCUT2D eigenvalue weighted by Gasteiger charge is -2.13. The lowest BCUT2D eigenvalue weighted by Crippen LogP contribution is -2.34. The molecule has 0 aromatic heterocycles. The zero-order valence-electron chi connectivity index (χ0n) is 14.7. The minimum Gasteiger partial charge on any atom is -0.495 e. The lowest BCUT2D eigenvalue weighted by atomic mass is 10.1. The number of ether oxygens (including phenoxy) is 2. The smallest absolute Gasteiger partial charge is 0.335 e. The molecule has 3 N–H and O–H groups in total. The van der Waals surface area contributed by atoms with E-state index in [1.165, 1.54) is 44.6 Å². The second kappa shape index (κ2) is 8.77. The van der Waals surface area contributed by atoms with Gasteiger partial charge in [0.1, 0.15) is 5.75 Å². The first-order valence-corrected chi connectivity index (χ1v) is 8.03. The molecule has 0 unspecified atom stereocenters. The third-order valence-electron chi connectivity index (χ3n) is 3.56. The van der Waals surface area contributed by atoms with E-state index in [1.807, 2.05) is 0 Å². The van der Waals surface area contributed by atoms with E-state index in [1.54, 1.807) is 0 Å². The largest absolute Gasteiger partial charge is 0.495 e. The Balaban J connectivity index is 2.18. The zero-order chi connectivity index (χ0) is 20.8. The van der Waals surface area contributed by atoms with Crippen molar-refractivity contribution in [2.45, 2.75) is 0 Å². The van der Waals surface area contributed by atoms with E-state index in [4.69, 9.17) is 26.8 Å². The number of hydrogen-bond acceptors (Lipinski definition) is 7. The van der Waals surface area contributed by atoms with E-state index in [0.717, 1.165) is 6.07 Å². The molecule has 11 heteroatoms. The second-order valence-corrected chi connectivity index (χ2v) is 5.68. The molecule has 0 aliphatic carbocycles. The molecule has 0 fully saturated rings. The first-order valence-electron chi connectivity index (χ1n) is 7.63. The number of nitrogens with one attached hydrogen (secondary N) is 2. The number of carbonyl (C=O) groups excluding carboxylic acids is 1. The van der Waals surface area contributed by atoms with Crippen molar-refractivity contribution in [1.29, 1.82) is 0 Å². The van der Waals surface area contributed by atoms with Crippen molar-refractivity contribution in [1.82, 2.24) is 5.32 Å². The van der Waals surface area contributed by atoms with E-state index in [9.17, 15) is 19.7 Å². The summed E-state index contributed by atoms with van der Waals surface area (Å²) in [6.45, 7) is 0. The van der Waals surface area contributed by atoms with Crippen LogP contribution in [-0.4, -0.2) is 41.2 Å². The molecule has 0 bridgehead atoms. The van der Waals surface area contributed by atoms with Gasteiger partial charge in [0.05, 0.1) is 30.4 Å². The minimum atomic E-state index is -1.15. The molecule has 0 atom stereocenters. The summed E-state index contributed by atoms with van der Waals surface area (Å²) in [5, 5.41) is 25.0. The van der Waals surface area contributed by atoms with Crippen LogP contribution in [0.3, 0.4) is 0 Å². The first kappa shape index (κ1) is 20.6. The molecule has 1 amide bonds. The van der Waals surface area contributed by atoms with Gasteiger partial charge in [0, 0.05) is 11.6 Å². The highest BCUT2D eigenvalue weighted by atomic mass is 32.1. The summed E-state index contributed by atoms with van der Waals surface area (Å²) in [7, 11) is 2.67. The average molecular weight is 405 g/mol. The van der Waals surface area contributed by atoms with Crippen LogP contribution in [0.4, 0.5) is 11.4 Å². The Labute approximate surface area is 164 Å². The van der Waals surface area contributed by atoms with Gasteiger partial charge in [-0.2, -0.15) is 0 Å². The second-order valence-electron chi connectivity index (χ2n) is 5.27. The van der Waals surface area contributed by atoms with E-state index < -0.39 is 16.8 Å². The topological polar surface area (TPSA) is 140 Å². The van der Waals surface area contributed by atoms with Crippen LogP contribution >= 0.6 is 12.2 Å². The number of methoxy groups -OCH3 is 2. The van der Waals surface area contributed by atoms with Gasteiger partial charge >= 0.3 is 11.7 Å². The van der Waals surface area contributed by atoms with Crippen molar-refractivity contribution in [3.05, 3.63) is 57.6 Å². The van der Waals surface area contributed by atoms with Gasteiger partial charge in [-0.3, -0.25) is 20.2 Å². The summed E-state index contributed by atoms with van der Waals surface area (Å²) in [5.41, 5.74) is -0.163. The number of carboxylic acids is 1. The number of nitro groups is 1. The van der Waals surface area contributed by atoms with Crippen molar-refractivity contribution in [3.8, 4) is 11.5 Å². The Bertz CT molecular complexity index is 962. The molecule has 0 heterocycles. The number of amides is 1. The van der Waals surface area contributed by atoms with Crippen LogP contribution in [-0.2, 0) is 0 Å². The predicted molar refractivity (Wildman–Crippen MR) is 103 cm³/mol. The summed E-state index contributed by atoms with van der Waals surface area (Å²) in [6, 6.07) is 7.77. The monoisotopic (exact) mass is 405 g/mol. The van der Waals surface area contributed by atoms with Gasteiger partial charge in [0.2, 0.25) is 0 Å². The van der Waals surface area contributed by atoms with Crippen molar-refractivity contribution in [2.75, 3.05) is 19.5 Å². The number of carboxylic acid groups (broad SMARTS) is 1. The predicted octanol–water partition coefficient (Wildman–Crippen LogP) is 2.44. The van der Waals surface area contributed by atoms with Gasteiger partial charge in [-0.25, -0.2) is 4.79 Å². The van der Waals surface area contributed by atoms with E-state index >= 15 is 0 Å². The van der Waals surface area contributed by atoms with Crippen molar-refractivity contribution in [3.63, 3.8) is 0 Å². The summed E-state index contributed by atoms with van der Waals surface area (Å²) in [4.78, 5) is 33.8. The van der Waals surface area contributed by atoms with Crippen LogP contribution in [0.2, 0.25) is 0 Å². The van der Waals surface area contributed by atoms with Crippen molar-refractivity contribution < 1.29 is 29.1 Å². The van der Waals surface area contributed by atoms with E-state index in [-0.39, 0.29) is 33.4 Å². The Hall–Kier alpha value is -3.73. The molecule has 2 aromatic carbocycles. The number of anilines is 1. The number of thiocarbonyl (C=S) groups is 1. The average Bonchev–Trinajstić information content (AvgIpc) is 2.66. The summed E-state index contributed by atoms with van der Waals surface area (Å²) >= 11 is 5.06. The molecule has 0 radical (unpaired) electrons. The third kappa shape index (κ3) is 4.71. The van der Waals surface area contributed by atoms with Crippen molar-refractivity contribution in [2.24, 2.45) is 0 Å². The maximum absolute atomic E-state index is 12.3. The van der Waals surface area contributed by atoms with Crippen LogP contribution in [0.15, 0.2) is 36.4 Å². The molecule has 2 aromatic rings. The molecular weight excluding hydrogens is 390 g/mol. The zero-order valence-corrected chi connectivity index (χ0v) is 15.5. The quantitative estimate of drug-likeness (QED) is 0.375. The Morgan fingerprint density at radius 2 is 1.68 bits per heavy atom. The molecule has 0 saturated heterocycles. The fraction of sp³-hybridized carbons (Fsp3) is 0.118. The van der Waals surface area contributed by atoms with Gasteiger partial charge in [-0.05, 0) is 42.5 Å². The normalized spacial score (nSPS) is 9.93. The van der Waals surface area contributed by atoms with Crippen LogP contribution < -0.4 is 20.1 Å². The molecule has 0 aliphatic rings. The van der Waals surface area contributed by atoms with Crippen LogP contribution in [0, 0.1) is 10.1 Å². The standard InChI is InChI=1S/C17H15N3O7S/c1-26-13-5-4-10(16(22)23)7-11(13)18-17(28)19-15(21)9-3-6-14(27-2)12(8-9)20(24)25/h3-8H,1-2H3,(H,22,23)(H2,18,19,21,28). The lowest BCUT2D eigenvalue weighted by molar-refractivity contribution is -0.385. The highest BCUT2D eigenvalue weighted by Gasteiger charge is 2.19. The number of aromatic carboxylic acids is 1. The number of benzene rings is 2.